The number of nitrogens with zero attached hydrogens (tertiary/aromatic N) is 2. The van der Waals surface area contributed by atoms with Crippen LogP contribution in [0.1, 0.15) is 5.56 Å². The van der Waals surface area contributed by atoms with E-state index in [0.717, 1.165) is 21.1 Å². The number of nitriles is 1. The molecule has 0 saturated heterocycles. The molecule has 0 fully saturated rings. The fourth-order valence-electron chi connectivity index (χ4n) is 1.98. The van der Waals surface area contributed by atoms with E-state index in [1.165, 1.54) is 0 Å². The molecule has 0 unspecified atom stereocenters. The highest BCUT2D eigenvalue weighted by atomic mass is 79.9. The van der Waals surface area contributed by atoms with Crippen LogP contribution >= 0.6 is 15.9 Å². The first-order valence-corrected chi connectivity index (χ1v) is 6.78. The maximum atomic E-state index is 8.99. The summed E-state index contributed by atoms with van der Waals surface area (Å²) >= 11 is 3.37. The fraction of sp³-hybridized carbons (Fsp3) is 0. The van der Waals surface area contributed by atoms with Gasteiger partial charge in [-0.1, -0.05) is 22.0 Å². The molecule has 0 bridgehead atoms. The van der Waals surface area contributed by atoms with Gasteiger partial charge in [-0.15, -0.1) is 0 Å². The Morgan fingerprint density at radius 3 is 2.85 bits per heavy atom. The van der Waals surface area contributed by atoms with Gasteiger partial charge in [-0.2, -0.15) is 5.26 Å². The Morgan fingerprint density at radius 2 is 2.00 bits per heavy atom. The van der Waals surface area contributed by atoms with Gasteiger partial charge in [0.1, 0.15) is 11.5 Å². The van der Waals surface area contributed by atoms with Crippen LogP contribution in [-0.4, -0.2) is 4.98 Å². The number of aromatic nitrogens is 1. The zero-order chi connectivity index (χ0) is 13.9. The van der Waals surface area contributed by atoms with E-state index >= 15 is 0 Å². The molecular formula is C16H9BrN2O. The topological polar surface area (TPSA) is 45.9 Å². The van der Waals surface area contributed by atoms with Gasteiger partial charge in [0.25, 0.3) is 0 Å². The van der Waals surface area contributed by atoms with Crippen molar-refractivity contribution in [1.82, 2.24) is 4.98 Å². The summed E-state index contributed by atoms with van der Waals surface area (Å²) in [7, 11) is 0. The molecule has 2 aromatic carbocycles. The van der Waals surface area contributed by atoms with Crippen molar-refractivity contribution in [3.63, 3.8) is 0 Å². The highest BCUT2D eigenvalue weighted by Gasteiger charge is 2.05. The van der Waals surface area contributed by atoms with Crippen molar-refractivity contribution in [3.8, 4) is 17.6 Å². The average Bonchev–Trinajstić information content (AvgIpc) is 2.47. The lowest BCUT2D eigenvalue weighted by Crippen LogP contribution is -1.88. The summed E-state index contributed by atoms with van der Waals surface area (Å²) < 4.78 is 6.70. The lowest BCUT2D eigenvalue weighted by atomic mass is 10.2. The summed E-state index contributed by atoms with van der Waals surface area (Å²) in [4.78, 5) is 4.29. The second kappa shape index (κ2) is 5.32. The molecule has 3 rings (SSSR count). The number of benzene rings is 2. The molecule has 0 atom stereocenters. The van der Waals surface area contributed by atoms with E-state index in [4.69, 9.17) is 10.00 Å². The summed E-state index contributed by atoms with van der Waals surface area (Å²) in [6.45, 7) is 0. The third kappa shape index (κ3) is 2.49. The molecule has 1 aromatic heterocycles. The van der Waals surface area contributed by atoms with Crippen molar-refractivity contribution in [1.29, 1.82) is 5.26 Å². The van der Waals surface area contributed by atoms with Crippen LogP contribution in [0, 0.1) is 11.3 Å². The number of ether oxygens (including phenoxy) is 1. The first kappa shape index (κ1) is 12.6. The maximum absolute atomic E-state index is 8.99. The van der Waals surface area contributed by atoms with Crippen molar-refractivity contribution in [2.75, 3.05) is 0 Å². The van der Waals surface area contributed by atoms with Crippen molar-refractivity contribution in [2.24, 2.45) is 0 Å². The predicted molar refractivity (Wildman–Crippen MR) is 80.7 cm³/mol. The van der Waals surface area contributed by atoms with Crippen LogP contribution in [0.4, 0.5) is 0 Å². The summed E-state index contributed by atoms with van der Waals surface area (Å²) in [5.74, 6) is 1.34. The van der Waals surface area contributed by atoms with Crippen LogP contribution in [0.25, 0.3) is 10.9 Å². The minimum absolute atomic E-state index is 0.549. The lowest BCUT2D eigenvalue weighted by Gasteiger charge is -2.09. The van der Waals surface area contributed by atoms with Gasteiger partial charge < -0.3 is 4.74 Å². The summed E-state index contributed by atoms with van der Waals surface area (Å²) in [6.07, 6.45) is 1.75. The second-order valence-corrected chi connectivity index (χ2v) is 5.13. The first-order chi connectivity index (χ1) is 9.76. The molecule has 3 aromatic rings. The van der Waals surface area contributed by atoms with E-state index < -0.39 is 0 Å². The molecule has 0 aliphatic rings. The van der Waals surface area contributed by atoms with Crippen LogP contribution in [0.5, 0.6) is 11.5 Å². The molecule has 20 heavy (non-hydrogen) atoms. The van der Waals surface area contributed by atoms with Crippen LogP contribution in [0.3, 0.4) is 0 Å². The SMILES string of the molecule is N#Cc1cc(Br)cc(Oc2cccc3ncccc23)c1. The van der Waals surface area contributed by atoms with Crippen molar-refractivity contribution < 1.29 is 4.74 Å². The maximum Gasteiger partial charge on any atom is 0.136 e. The standard InChI is InChI=1S/C16H9BrN2O/c17-12-7-11(10-18)8-13(9-12)20-16-5-1-4-15-14(16)3-2-6-19-15/h1-9H. The van der Waals surface area contributed by atoms with Crippen LogP contribution < -0.4 is 4.74 Å². The van der Waals surface area contributed by atoms with Crippen molar-refractivity contribution in [2.45, 2.75) is 0 Å². The zero-order valence-corrected chi connectivity index (χ0v) is 12.0. The van der Waals surface area contributed by atoms with Gasteiger partial charge in [0.05, 0.1) is 17.1 Å². The number of hydrogen-bond donors (Lipinski definition) is 0. The Kier molecular flexibility index (Phi) is 3.36. The fourth-order valence-corrected chi connectivity index (χ4v) is 2.45. The zero-order valence-electron chi connectivity index (χ0n) is 10.4. The molecule has 0 amide bonds. The van der Waals surface area contributed by atoms with E-state index in [-0.39, 0.29) is 0 Å². The van der Waals surface area contributed by atoms with E-state index in [1.54, 1.807) is 18.3 Å². The molecule has 0 N–H and O–H groups in total. The van der Waals surface area contributed by atoms with Crippen LogP contribution in [0.2, 0.25) is 0 Å². The Hall–Kier alpha value is -2.38. The van der Waals surface area contributed by atoms with Crippen LogP contribution in [-0.2, 0) is 0 Å². The van der Waals surface area contributed by atoms with Gasteiger partial charge in [-0.25, -0.2) is 0 Å². The monoisotopic (exact) mass is 324 g/mol. The molecule has 0 aliphatic carbocycles. The van der Waals surface area contributed by atoms with Gasteiger partial charge in [0.2, 0.25) is 0 Å². The molecule has 4 heteroatoms. The van der Waals surface area contributed by atoms with E-state index in [0.29, 0.717) is 11.3 Å². The summed E-state index contributed by atoms with van der Waals surface area (Å²) in [6, 6.07) is 16.9. The highest BCUT2D eigenvalue weighted by Crippen LogP contribution is 2.30. The number of hydrogen-bond acceptors (Lipinski definition) is 3. The average molecular weight is 325 g/mol. The minimum Gasteiger partial charge on any atom is -0.457 e. The molecule has 0 aliphatic heterocycles. The van der Waals surface area contributed by atoms with Gasteiger partial charge in [-0.3, -0.25) is 4.98 Å². The number of pyridine rings is 1. The molecule has 0 spiro atoms. The first-order valence-electron chi connectivity index (χ1n) is 5.98. The lowest BCUT2D eigenvalue weighted by molar-refractivity contribution is 0.488. The minimum atomic E-state index is 0.549. The number of rotatable bonds is 2. The van der Waals surface area contributed by atoms with Crippen molar-refractivity contribution in [3.05, 3.63) is 64.8 Å². The van der Waals surface area contributed by atoms with E-state index in [1.807, 2.05) is 36.4 Å². The van der Waals surface area contributed by atoms with Gasteiger partial charge in [-0.05, 0) is 42.5 Å². The third-order valence-electron chi connectivity index (χ3n) is 2.83. The normalized spacial score (nSPS) is 10.2. The molecular weight excluding hydrogens is 316 g/mol. The molecule has 1 heterocycles. The number of halogens is 1. The summed E-state index contributed by atoms with van der Waals surface area (Å²) in [5, 5.41) is 9.93. The third-order valence-corrected chi connectivity index (χ3v) is 3.29. The Morgan fingerprint density at radius 1 is 1.10 bits per heavy atom. The smallest absolute Gasteiger partial charge is 0.136 e. The van der Waals surface area contributed by atoms with Gasteiger partial charge >= 0.3 is 0 Å². The molecule has 0 saturated carbocycles. The predicted octanol–water partition coefficient (Wildman–Crippen LogP) is 4.66. The molecule has 3 nitrogen and oxygen atoms in total. The Balaban J connectivity index is 2.06. The highest BCUT2D eigenvalue weighted by molar-refractivity contribution is 9.10. The second-order valence-electron chi connectivity index (χ2n) is 4.22. The van der Waals surface area contributed by atoms with Crippen LogP contribution in [0.15, 0.2) is 59.2 Å². The summed E-state index contributed by atoms with van der Waals surface area (Å²) in [5.41, 5.74) is 1.42. The van der Waals surface area contributed by atoms with E-state index in [9.17, 15) is 0 Å². The van der Waals surface area contributed by atoms with Crippen molar-refractivity contribution >= 4 is 26.8 Å². The Labute approximate surface area is 124 Å². The largest absolute Gasteiger partial charge is 0.457 e. The van der Waals surface area contributed by atoms with Gasteiger partial charge in [0.15, 0.2) is 0 Å². The number of fused-ring (bicyclic) bond motifs is 1. The Bertz CT molecular complexity index is 819. The molecule has 96 valence electrons. The van der Waals surface area contributed by atoms with Gasteiger partial charge in [0, 0.05) is 16.1 Å². The quantitative estimate of drug-likeness (QED) is 0.688. The molecule has 0 radical (unpaired) electrons. The van der Waals surface area contributed by atoms with E-state index in [2.05, 4.69) is 27.0 Å².